The SMILES string of the molecule is CC(C)CC(CNC(=O)c1ccc2c(c1)S(=O)(=O)N=C1CCCCCN12)N1CCOCC1. The Labute approximate surface area is 191 Å². The summed E-state index contributed by atoms with van der Waals surface area (Å²) in [5.74, 6) is 0.874. The lowest BCUT2D eigenvalue weighted by Gasteiger charge is -2.35. The fourth-order valence-corrected chi connectivity index (χ4v) is 6.07. The van der Waals surface area contributed by atoms with E-state index in [0.29, 0.717) is 49.2 Å². The minimum atomic E-state index is -3.80. The summed E-state index contributed by atoms with van der Waals surface area (Å²) in [6, 6.07) is 5.20. The molecular weight excluding hydrogens is 428 g/mol. The number of amidine groups is 1. The molecule has 2 fully saturated rings. The molecule has 3 aliphatic rings. The molecule has 0 saturated carbocycles. The summed E-state index contributed by atoms with van der Waals surface area (Å²) < 4.78 is 35.2. The van der Waals surface area contributed by atoms with E-state index in [1.807, 2.05) is 4.90 Å². The van der Waals surface area contributed by atoms with Crippen molar-refractivity contribution in [2.45, 2.75) is 56.9 Å². The Morgan fingerprint density at radius 2 is 1.94 bits per heavy atom. The van der Waals surface area contributed by atoms with E-state index in [9.17, 15) is 13.2 Å². The second-order valence-corrected chi connectivity index (χ2v) is 10.8. The number of carbonyl (C=O) groups excluding carboxylic acids is 1. The molecule has 9 heteroatoms. The average molecular weight is 463 g/mol. The first-order valence-corrected chi connectivity index (χ1v) is 13.1. The number of benzene rings is 1. The van der Waals surface area contributed by atoms with E-state index in [4.69, 9.17) is 4.74 Å². The van der Waals surface area contributed by atoms with Gasteiger partial charge in [-0.3, -0.25) is 9.69 Å². The zero-order chi connectivity index (χ0) is 22.7. The van der Waals surface area contributed by atoms with Crippen LogP contribution in [0.25, 0.3) is 0 Å². The fourth-order valence-electron chi connectivity index (χ4n) is 4.78. The van der Waals surface area contributed by atoms with Crippen LogP contribution in [0.3, 0.4) is 0 Å². The molecule has 1 aromatic carbocycles. The number of fused-ring (bicyclic) bond motifs is 3. The van der Waals surface area contributed by atoms with E-state index in [1.54, 1.807) is 12.1 Å². The van der Waals surface area contributed by atoms with Gasteiger partial charge >= 0.3 is 0 Å². The molecule has 8 nitrogen and oxygen atoms in total. The van der Waals surface area contributed by atoms with Crippen molar-refractivity contribution in [3.05, 3.63) is 23.8 Å². The monoisotopic (exact) mass is 462 g/mol. The number of hydrogen-bond donors (Lipinski definition) is 1. The first-order valence-electron chi connectivity index (χ1n) is 11.7. The first kappa shape index (κ1) is 23.2. The zero-order valence-corrected chi connectivity index (χ0v) is 19.9. The minimum absolute atomic E-state index is 0.128. The van der Waals surface area contributed by atoms with Gasteiger partial charge in [0, 0.05) is 44.2 Å². The van der Waals surface area contributed by atoms with Gasteiger partial charge in [-0.05, 0) is 43.4 Å². The van der Waals surface area contributed by atoms with Crippen LogP contribution in [0, 0.1) is 5.92 Å². The molecule has 0 spiro atoms. The van der Waals surface area contributed by atoms with Gasteiger partial charge in [0.05, 0.1) is 18.9 Å². The van der Waals surface area contributed by atoms with Crippen molar-refractivity contribution < 1.29 is 17.9 Å². The van der Waals surface area contributed by atoms with E-state index in [2.05, 4.69) is 28.5 Å². The van der Waals surface area contributed by atoms with Crippen LogP contribution in [-0.2, 0) is 14.8 Å². The maximum Gasteiger partial charge on any atom is 0.286 e. The van der Waals surface area contributed by atoms with E-state index < -0.39 is 10.0 Å². The molecular formula is C23H34N4O4S. The number of sulfonamides is 1. The van der Waals surface area contributed by atoms with Crippen LogP contribution in [0.5, 0.6) is 0 Å². The predicted molar refractivity (Wildman–Crippen MR) is 125 cm³/mol. The Morgan fingerprint density at radius 3 is 2.69 bits per heavy atom. The molecule has 1 amide bonds. The van der Waals surface area contributed by atoms with Gasteiger partial charge in [-0.1, -0.05) is 20.3 Å². The third-order valence-corrected chi connectivity index (χ3v) is 7.75. The lowest BCUT2D eigenvalue weighted by molar-refractivity contribution is 0.0124. The summed E-state index contributed by atoms with van der Waals surface area (Å²) in [7, 11) is -3.80. The molecule has 176 valence electrons. The second kappa shape index (κ2) is 9.89. The third kappa shape index (κ3) is 5.15. The van der Waals surface area contributed by atoms with Crippen LogP contribution in [0.2, 0.25) is 0 Å². The largest absolute Gasteiger partial charge is 0.379 e. The lowest BCUT2D eigenvalue weighted by Crippen LogP contribution is -2.49. The van der Waals surface area contributed by atoms with Gasteiger partial charge in [0.15, 0.2) is 0 Å². The average Bonchev–Trinajstić information content (AvgIpc) is 3.01. The quantitative estimate of drug-likeness (QED) is 0.699. The number of anilines is 1. The van der Waals surface area contributed by atoms with Crippen LogP contribution in [0.4, 0.5) is 5.69 Å². The van der Waals surface area contributed by atoms with Crippen LogP contribution in [-0.4, -0.2) is 70.5 Å². The molecule has 1 N–H and O–H groups in total. The molecule has 0 aliphatic carbocycles. The van der Waals surface area contributed by atoms with Gasteiger partial charge in [-0.25, -0.2) is 0 Å². The number of nitrogens with one attached hydrogen (secondary N) is 1. The van der Waals surface area contributed by atoms with Crippen molar-refractivity contribution in [2.24, 2.45) is 10.3 Å². The maximum atomic E-state index is 13.0. The number of rotatable bonds is 6. The number of morpholine rings is 1. The van der Waals surface area contributed by atoms with E-state index >= 15 is 0 Å². The standard InChI is InChI=1S/C23H34N4O4S/c1-17(2)14-19(26-10-12-31-13-11-26)16-24-23(28)18-7-8-20-21(15-18)32(29,30)25-22-6-4-3-5-9-27(20)22/h7-8,15,17,19H,3-6,9-14,16H2,1-2H3,(H,24,28). The summed E-state index contributed by atoms with van der Waals surface area (Å²) in [6.45, 7) is 8.79. The Bertz CT molecular complexity index is 970. The minimum Gasteiger partial charge on any atom is -0.379 e. The Kier molecular flexibility index (Phi) is 7.17. The van der Waals surface area contributed by atoms with Gasteiger partial charge < -0.3 is 15.0 Å². The Balaban J connectivity index is 1.50. The van der Waals surface area contributed by atoms with Gasteiger partial charge in [0.2, 0.25) is 0 Å². The summed E-state index contributed by atoms with van der Waals surface area (Å²) in [5.41, 5.74) is 0.991. The lowest BCUT2D eigenvalue weighted by atomic mass is 10.0. The van der Waals surface area contributed by atoms with Gasteiger partial charge in [0.1, 0.15) is 10.7 Å². The molecule has 4 rings (SSSR count). The zero-order valence-electron chi connectivity index (χ0n) is 19.0. The van der Waals surface area contributed by atoms with Crippen LogP contribution >= 0.6 is 0 Å². The summed E-state index contributed by atoms with van der Waals surface area (Å²) in [4.78, 5) is 17.5. The predicted octanol–water partition coefficient (Wildman–Crippen LogP) is 2.64. The Hall–Kier alpha value is -1.97. The molecule has 1 aromatic rings. The molecule has 0 radical (unpaired) electrons. The van der Waals surface area contributed by atoms with Gasteiger partial charge in [-0.2, -0.15) is 8.42 Å². The number of hydrogen-bond acceptors (Lipinski definition) is 6. The van der Waals surface area contributed by atoms with E-state index in [1.165, 1.54) is 6.07 Å². The summed E-state index contributed by atoms with van der Waals surface area (Å²) in [6.07, 6.45) is 4.65. The molecule has 1 unspecified atom stereocenters. The number of amides is 1. The highest BCUT2D eigenvalue weighted by molar-refractivity contribution is 7.90. The molecule has 0 bridgehead atoms. The van der Waals surface area contributed by atoms with Gasteiger partial charge in [0.25, 0.3) is 15.9 Å². The second-order valence-electron chi connectivity index (χ2n) is 9.27. The fraction of sp³-hybridized carbons (Fsp3) is 0.652. The molecule has 32 heavy (non-hydrogen) atoms. The molecule has 2 saturated heterocycles. The number of nitrogens with zero attached hydrogens (tertiary/aromatic N) is 3. The Morgan fingerprint density at radius 1 is 1.16 bits per heavy atom. The highest BCUT2D eigenvalue weighted by Gasteiger charge is 2.32. The van der Waals surface area contributed by atoms with Crippen molar-refractivity contribution >= 4 is 27.5 Å². The number of carbonyl (C=O) groups is 1. The topological polar surface area (TPSA) is 91.3 Å². The molecule has 1 atom stereocenters. The first-order chi connectivity index (χ1) is 15.3. The van der Waals surface area contributed by atoms with Crippen molar-refractivity contribution in [3.63, 3.8) is 0 Å². The van der Waals surface area contributed by atoms with Crippen LogP contribution < -0.4 is 10.2 Å². The highest BCUT2D eigenvalue weighted by atomic mass is 32.2. The van der Waals surface area contributed by atoms with Crippen LogP contribution in [0.15, 0.2) is 27.5 Å². The smallest absolute Gasteiger partial charge is 0.286 e. The summed E-state index contributed by atoms with van der Waals surface area (Å²) >= 11 is 0. The molecule has 3 aliphatic heterocycles. The third-order valence-electron chi connectivity index (χ3n) is 6.41. The van der Waals surface area contributed by atoms with Crippen LogP contribution in [0.1, 0.15) is 56.3 Å². The molecule has 3 heterocycles. The van der Waals surface area contributed by atoms with Crippen molar-refractivity contribution in [1.82, 2.24) is 10.2 Å². The highest BCUT2D eigenvalue weighted by Crippen LogP contribution is 2.35. The van der Waals surface area contributed by atoms with E-state index in [-0.39, 0.29) is 16.8 Å². The summed E-state index contributed by atoms with van der Waals surface area (Å²) in [5, 5.41) is 3.04. The maximum absolute atomic E-state index is 13.0. The number of ether oxygens (including phenoxy) is 1. The van der Waals surface area contributed by atoms with Gasteiger partial charge in [-0.15, -0.1) is 4.40 Å². The molecule has 0 aromatic heterocycles. The normalized spacial score (nSPS) is 21.8. The van der Waals surface area contributed by atoms with E-state index in [0.717, 1.165) is 45.3 Å². The van der Waals surface area contributed by atoms with Crippen molar-refractivity contribution in [2.75, 3.05) is 44.3 Å². The van der Waals surface area contributed by atoms with Crippen molar-refractivity contribution in [3.8, 4) is 0 Å². The van der Waals surface area contributed by atoms with Crippen molar-refractivity contribution in [1.29, 1.82) is 0 Å².